The van der Waals surface area contributed by atoms with Gasteiger partial charge in [-0.2, -0.15) is 5.10 Å². The van der Waals surface area contributed by atoms with Crippen LogP contribution < -0.4 is 10.2 Å². The highest BCUT2D eigenvalue weighted by molar-refractivity contribution is 6.19. The number of amides is 3. The number of urea groups is 1. The average molecular weight is 377 g/mol. The second-order valence-electron chi connectivity index (χ2n) is 6.93. The molecule has 2 aromatic heterocycles. The first-order valence-electron chi connectivity index (χ1n) is 9.11. The fourth-order valence-electron chi connectivity index (χ4n) is 3.66. The van der Waals surface area contributed by atoms with Gasteiger partial charge in [0.15, 0.2) is 5.82 Å². The lowest BCUT2D eigenvalue weighted by molar-refractivity contribution is -0.116. The standard InChI is InChI=1S/C19H19N7O2/c1-23-12-17(27)26(19(23)28)14-4-2-3-13(9-14)24-7-6-21-18(24)16-10-15-11-20-5-8-25(15)22-16/h2-4,6-7,9-10,20H,5,8,11-12H2,1H3. The molecular formula is C19H19N7O2. The van der Waals surface area contributed by atoms with Crippen molar-refractivity contribution in [2.75, 3.05) is 25.0 Å². The number of carbonyl (C=O) groups is 2. The van der Waals surface area contributed by atoms with Gasteiger partial charge in [0, 0.05) is 38.2 Å². The van der Waals surface area contributed by atoms with Crippen LogP contribution in [0.15, 0.2) is 42.7 Å². The zero-order valence-electron chi connectivity index (χ0n) is 15.4. The zero-order valence-corrected chi connectivity index (χ0v) is 15.4. The van der Waals surface area contributed by atoms with Crippen molar-refractivity contribution in [3.8, 4) is 17.2 Å². The predicted molar refractivity (Wildman–Crippen MR) is 102 cm³/mol. The van der Waals surface area contributed by atoms with Crippen LogP contribution >= 0.6 is 0 Å². The predicted octanol–water partition coefficient (Wildman–Crippen LogP) is 1.24. The van der Waals surface area contributed by atoms with Crippen molar-refractivity contribution in [1.82, 2.24) is 29.5 Å². The Balaban J connectivity index is 1.53. The molecule has 0 bridgehead atoms. The molecule has 0 unspecified atom stereocenters. The van der Waals surface area contributed by atoms with Gasteiger partial charge in [-0.15, -0.1) is 0 Å². The normalized spacial score (nSPS) is 16.8. The number of hydrogen-bond donors (Lipinski definition) is 1. The third-order valence-corrected chi connectivity index (χ3v) is 5.05. The number of aromatic nitrogens is 4. The molecule has 1 saturated heterocycles. The van der Waals surface area contributed by atoms with E-state index in [-0.39, 0.29) is 18.5 Å². The van der Waals surface area contributed by atoms with E-state index in [1.54, 1.807) is 19.3 Å². The molecular weight excluding hydrogens is 358 g/mol. The largest absolute Gasteiger partial charge is 0.331 e. The molecule has 2 aliphatic rings. The molecule has 3 amide bonds. The van der Waals surface area contributed by atoms with Crippen LogP contribution in [0.25, 0.3) is 17.2 Å². The monoisotopic (exact) mass is 377 g/mol. The number of imide groups is 1. The summed E-state index contributed by atoms with van der Waals surface area (Å²) in [5.41, 5.74) is 3.28. The highest BCUT2D eigenvalue weighted by atomic mass is 16.2. The topological polar surface area (TPSA) is 88.3 Å². The Bertz CT molecular complexity index is 1060. The summed E-state index contributed by atoms with van der Waals surface area (Å²) in [6, 6.07) is 9.05. The molecule has 9 nitrogen and oxygen atoms in total. The van der Waals surface area contributed by atoms with Crippen molar-refractivity contribution in [3.05, 3.63) is 48.4 Å². The van der Waals surface area contributed by atoms with Gasteiger partial charge in [0.05, 0.1) is 17.9 Å². The van der Waals surface area contributed by atoms with Crippen LogP contribution in [0.1, 0.15) is 5.69 Å². The molecule has 0 saturated carbocycles. The summed E-state index contributed by atoms with van der Waals surface area (Å²) in [7, 11) is 1.62. The van der Waals surface area contributed by atoms with E-state index in [1.165, 1.54) is 9.80 Å². The maximum Gasteiger partial charge on any atom is 0.331 e. The minimum absolute atomic E-state index is 0.0909. The van der Waals surface area contributed by atoms with E-state index >= 15 is 0 Å². The lowest BCUT2D eigenvalue weighted by atomic mass is 10.2. The van der Waals surface area contributed by atoms with Crippen LogP contribution in [0.3, 0.4) is 0 Å². The van der Waals surface area contributed by atoms with Crippen molar-refractivity contribution >= 4 is 17.6 Å². The van der Waals surface area contributed by atoms with Crippen LogP contribution in [0.2, 0.25) is 0 Å². The summed E-state index contributed by atoms with van der Waals surface area (Å²) in [6.45, 7) is 2.61. The van der Waals surface area contributed by atoms with Crippen LogP contribution in [-0.4, -0.2) is 56.3 Å². The Labute approximate surface area is 161 Å². The number of fused-ring (bicyclic) bond motifs is 1. The smallest absolute Gasteiger partial charge is 0.318 e. The Morgan fingerprint density at radius 2 is 2.00 bits per heavy atom. The minimum atomic E-state index is -0.317. The summed E-state index contributed by atoms with van der Waals surface area (Å²) in [5.74, 6) is 0.486. The third-order valence-electron chi connectivity index (χ3n) is 5.05. The molecule has 5 rings (SSSR count). The fraction of sp³-hybridized carbons (Fsp3) is 0.263. The van der Waals surface area contributed by atoms with E-state index in [9.17, 15) is 9.59 Å². The summed E-state index contributed by atoms with van der Waals surface area (Å²) in [5, 5.41) is 8.02. The maximum absolute atomic E-state index is 12.3. The zero-order chi connectivity index (χ0) is 19.3. The molecule has 4 heterocycles. The number of benzene rings is 1. The van der Waals surface area contributed by atoms with Crippen LogP contribution in [0.5, 0.6) is 0 Å². The first-order valence-corrected chi connectivity index (χ1v) is 9.11. The molecule has 9 heteroatoms. The Morgan fingerprint density at radius 1 is 1.14 bits per heavy atom. The van der Waals surface area contributed by atoms with Crippen molar-refractivity contribution in [2.24, 2.45) is 0 Å². The van der Waals surface area contributed by atoms with Crippen molar-refractivity contribution < 1.29 is 9.59 Å². The van der Waals surface area contributed by atoms with E-state index in [0.29, 0.717) is 5.69 Å². The first-order chi connectivity index (χ1) is 13.6. The Morgan fingerprint density at radius 3 is 2.79 bits per heavy atom. The van der Waals surface area contributed by atoms with Crippen LogP contribution in [-0.2, 0) is 17.9 Å². The Kier molecular flexibility index (Phi) is 3.76. The lowest BCUT2D eigenvalue weighted by Crippen LogP contribution is -2.31. The van der Waals surface area contributed by atoms with Crippen molar-refractivity contribution in [3.63, 3.8) is 0 Å². The van der Waals surface area contributed by atoms with Gasteiger partial charge in [-0.3, -0.25) is 14.0 Å². The van der Waals surface area contributed by atoms with E-state index < -0.39 is 0 Å². The second-order valence-corrected chi connectivity index (χ2v) is 6.93. The number of nitrogens with zero attached hydrogens (tertiary/aromatic N) is 6. The number of anilines is 1. The molecule has 1 fully saturated rings. The van der Waals surface area contributed by atoms with Crippen LogP contribution in [0.4, 0.5) is 10.5 Å². The molecule has 0 radical (unpaired) electrons. The fourth-order valence-corrected chi connectivity index (χ4v) is 3.66. The molecule has 0 aliphatic carbocycles. The molecule has 2 aliphatic heterocycles. The van der Waals surface area contributed by atoms with Gasteiger partial charge in [0.25, 0.3) is 5.91 Å². The van der Waals surface area contributed by atoms with Gasteiger partial charge in [-0.1, -0.05) is 6.07 Å². The number of imidazole rings is 1. The van der Waals surface area contributed by atoms with Crippen molar-refractivity contribution in [2.45, 2.75) is 13.1 Å². The van der Waals surface area contributed by atoms with Gasteiger partial charge < -0.3 is 10.2 Å². The quantitative estimate of drug-likeness (QED) is 0.694. The van der Waals surface area contributed by atoms with E-state index in [1.807, 2.05) is 39.7 Å². The highest BCUT2D eigenvalue weighted by Crippen LogP contribution is 2.27. The van der Waals surface area contributed by atoms with Crippen molar-refractivity contribution in [1.29, 1.82) is 0 Å². The van der Waals surface area contributed by atoms with E-state index in [0.717, 1.165) is 42.5 Å². The molecule has 1 aromatic carbocycles. The van der Waals surface area contributed by atoms with Gasteiger partial charge in [-0.25, -0.2) is 14.7 Å². The maximum atomic E-state index is 12.3. The molecule has 1 N–H and O–H groups in total. The number of likely N-dealkylation sites (N-methyl/N-ethyl adjacent to an activating group) is 1. The van der Waals surface area contributed by atoms with Crippen LogP contribution in [0, 0.1) is 0 Å². The van der Waals surface area contributed by atoms with E-state index in [4.69, 9.17) is 0 Å². The summed E-state index contributed by atoms with van der Waals surface area (Å²) >= 11 is 0. The van der Waals surface area contributed by atoms with E-state index in [2.05, 4.69) is 15.4 Å². The molecule has 28 heavy (non-hydrogen) atoms. The lowest BCUT2D eigenvalue weighted by Gasteiger charge is -2.16. The van der Waals surface area contributed by atoms with Gasteiger partial charge in [0.2, 0.25) is 0 Å². The number of nitrogens with one attached hydrogen (secondary N) is 1. The minimum Gasteiger partial charge on any atom is -0.318 e. The molecule has 0 atom stereocenters. The van der Waals surface area contributed by atoms with Gasteiger partial charge in [0.1, 0.15) is 12.2 Å². The average Bonchev–Trinajstić information content (AvgIpc) is 3.39. The molecule has 0 spiro atoms. The molecule has 3 aromatic rings. The number of hydrogen-bond acceptors (Lipinski definition) is 5. The SMILES string of the molecule is CN1CC(=O)N(c2cccc(-n3ccnc3-c3cc4n(n3)CCNC4)c2)C1=O. The number of rotatable bonds is 3. The number of carbonyl (C=O) groups excluding carboxylic acids is 2. The van der Waals surface area contributed by atoms with Gasteiger partial charge >= 0.3 is 6.03 Å². The Hall–Kier alpha value is -3.46. The highest BCUT2D eigenvalue weighted by Gasteiger charge is 2.34. The van der Waals surface area contributed by atoms with Gasteiger partial charge in [-0.05, 0) is 24.3 Å². The third kappa shape index (κ3) is 2.59. The summed E-state index contributed by atoms with van der Waals surface area (Å²) in [4.78, 5) is 31.6. The molecule has 142 valence electrons. The summed E-state index contributed by atoms with van der Waals surface area (Å²) < 4.78 is 3.92. The second kappa shape index (κ2) is 6.31. The summed E-state index contributed by atoms with van der Waals surface area (Å²) in [6.07, 6.45) is 3.57. The first kappa shape index (κ1) is 16.7.